The van der Waals surface area contributed by atoms with Crippen LogP contribution in [0.25, 0.3) is 11.4 Å². The molecule has 1 unspecified atom stereocenters. The van der Waals surface area contributed by atoms with Gasteiger partial charge in [-0.3, -0.25) is 14.5 Å². The van der Waals surface area contributed by atoms with Crippen LogP contribution in [0.2, 0.25) is 0 Å². The number of aromatic amines is 1. The summed E-state index contributed by atoms with van der Waals surface area (Å²) in [4.78, 5) is 12.8. The highest BCUT2D eigenvalue weighted by molar-refractivity contribution is 7.71. The van der Waals surface area contributed by atoms with E-state index in [1.54, 1.807) is 0 Å². The van der Waals surface area contributed by atoms with Crippen molar-refractivity contribution in [1.82, 2.24) is 20.1 Å². The summed E-state index contributed by atoms with van der Waals surface area (Å²) < 4.78 is 2.42. The topological polar surface area (TPSA) is 62.7 Å². The minimum atomic E-state index is -0.0167. The van der Waals surface area contributed by atoms with E-state index < -0.39 is 0 Å². The molecule has 2 N–H and O–H groups in total. The van der Waals surface area contributed by atoms with Crippen molar-refractivity contribution in [1.29, 1.82) is 0 Å². The van der Waals surface area contributed by atoms with Crippen molar-refractivity contribution in [3.63, 3.8) is 0 Å². The lowest BCUT2D eigenvalue weighted by Gasteiger charge is -2.23. The van der Waals surface area contributed by atoms with Crippen molar-refractivity contribution < 1.29 is 4.79 Å². The summed E-state index contributed by atoms with van der Waals surface area (Å²) in [5, 5.41) is 10.4. The molecule has 1 atom stereocenters. The number of aryl methyl sites for hydroxylation is 2. The molecule has 3 rings (SSSR count). The molecule has 158 valence electrons. The Morgan fingerprint density at radius 1 is 1.20 bits per heavy atom. The van der Waals surface area contributed by atoms with E-state index in [-0.39, 0.29) is 11.9 Å². The van der Waals surface area contributed by atoms with E-state index in [0.717, 1.165) is 28.9 Å². The summed E-state index contributed by atoms with van der Waals surface area (Å²) in [5.41, 5.74) is 4.57. The first kappa shape index (κ1) is 22.0. The van der Waals surface area contributed by atoms with E-state index in [0.29, 0.717) is 23.7 Å². The van der Waals surface area contributed by atoms with Gasteiger partial charge in [-0.05, 0) is 48.7 Å². The van der Waals surface area contributed by atoms with Crippen LogP contribution in [-0.2, 0) is 17.8 Å². The first-order valence-electron chi connectivity index (χ1n) is 10.5. The maximum atomic E-state index is 12.8. The molecule has 0 bridgehead atoms. The van der Waals surface area contributed by atoms with Crippen molar-refractivity contribution in [3.8, 4) is 11.4 Å². The highest BCUT2D eigenvalue weighted by atomic mass is 32.1. The van der Waals surface area contributed by atoms with Gasteiger partial charge in [0.15, 0.2) is 10.6 Å². The van der Waals surface area contributed by atoms with Gasteiger partial charge in [-0.15, -0.1) is 0 Å². The first-order chi connectivity index (χ1) is 14.4. The standard InChI is InChI=1S/C24H30N4OS/c1-5-18-9-11-19(12-10-18)22(16(2)3)25-21(29)13-14-28-23(26-27-24(28)30)20-8-6-7-17(4)15-20/h6-12,15-16,22H,5,13-14H2,1-4H3,(H,25,29)(H,27,30). The van der Waals surface area contributed by atoms with E-state index >= 15 is 0 Å². The maximum absolute atomic E-state index is 12.8. The third-order valence-corrected chi connectivity index (χ3v) is 5.64. The van der Waals surface area contributed by atoms with Gasteiger partial charge < -0.3 is 5.32 Å². The Bertz CT molecular complexity index is 1050. The van der Waals surface area contributed by atoms with Crippen molar-refractivity contribution in [2.45, 2.75) is 53.1 Å². The number of amides is 1. The second-order valence-corrected chi connectivity index (χ2v) is 8.39. The average molecular weight is 423 g/mol. The molecular weight excluding hydrogens is 392 g/mol. The van der Waals surface area contributed by atoms with Gasteiger partial charge in [0.25, 0.3) is 0 Å². The van der Waals surface area contributed by atoms with E-state index in [9.17, 15) is 4.79 Å². The maximum Gasteiger partial charge on any atom is 0.222 e. The number of nitrogens with one attached hydrogen (secondary N) is 2. The molecule has 0 fully saturated rings. The molecule has 0 radical (unpaired) electrons. The summed E-state index contributed by atoms with van der Waals surface area (Å²) in [7, 11) is 0. The Balaban J connectivity index is 1.70. The number of H-pyrrole nitrogens is 1. The van der Waals surface area contributed by atoms with Gasteiger partial charge in [-0.2, -0.15) is 5.10 Å². The lowest BCUT2D eigenvalue weighted by Crippen LogP contribution is -2.32. The van der Waals surface area contributed by atoms with Gasteiger partial charge in [0.05, 0.1) is 6.04 Å². The first-order valence-corrected chi connectivity index (χ1v) is 10.9. The fraction of sp³-hybridized carbons (Fsp3) is 0.375. The molecule has 0 spiro atoms. The average Bonchev–Trinajstić information content (AvgIpc) is 3.11. The number of carbonyl (C=O) groups excluding carboxylic acids is 1. The van der Waals surface area contributed by atoms with Gasteiger partial charge >= 0.3 is 0 Å². The van der Waals surface area contributed by atoms with Crippen LogP contribution in [0.1, 0.15) is 49.9 Å². The quantitative estimate of drug-likeness (QED) is 0.479. The third-order valence-electron chi connectivity index (χ3n) is 5.33. The second-order valence-electron chi connectivity index (χ2n) is 8.01. The molecule has 0 aliphatic carbocycles. The normalized spacial score (nSPS) is 12.2. The number of aromatic nitrogens is 3. The molecule has 1 aromatic heterocycles. The number of carbonyl (C=O) groups is 1. The van der Waals surface area contributed by atoms with Gasteiger partial charge in [0.2, 0.25) is 5.91 Å². The molecule has 0 aliphatic rings. The van der Waals surface area contributed by atoms with Gasteiger partial charge in [0.1, 0.15) is 0 Å². The van der Waals surface area contributed by atoms with Crippen molar-refractivity contribution in [3.05, 3.63) is 70.0 Å². The van der Waals surface area contributed by atoms with Gasteiger partial charge in [-0.25, -0.2) is 0 Å². The lowest BCUT2D eigenvalue weighted by molar-refractivity contribution is -0.122. The summed E-state index contributed by atoms with van der Waals surface area (Å²) in [5.74, 6) is 1.05. The number of benzene rings is 2. The molecule has 5 nitrogen and oxygen atoms in total. The molecule has 2 aromatic carbocycles. The van der Waals surface area contributed by atoms with E-state index in [2.05, 4.69) is 66.6 Å². The smallest absolute Gasteiger partial charge is 0.222 e. The Hall–Kier alpha value is -2.73. The lowest BCUT2D eigenvalue weighted by atomic mass is 9.94. The van der Waals surface area contributed by atoms with Gasteiger partial charge in [0, 0.05) is 18.5 Å². The van der Waals surface area contributed by atoms with Crippen LogP contribution < -0.4 is 5.32 Å². The zero-order valence-electron chi connectivity index (χ0n) is 18.1. The molecule has 6 heteroatoms. The Morgan fingerprint density at radius 2 is 1.93 bits per heavy atom. The molecule has 0 saturated heterocycles. The predicted octanol–water partition coefficient (Wildman–Crippen LogP) is 5.38. The molecule has 0 aliphatic heterocycles. The number of hydrogen-bond donors (Lipinski definition) is 2. The van der Waals surface area contributed by atoms with E-state index in [4.69, 9.17) is 12.2 Å². The number of hydrogen-bond acceptors (Lipinski definition) is 3. The minimum absolute atomic E-state index is 0.00607. The van der Waals surface area contributed by atoms with Crippen LogP contribution in [0.5, 0.6) is 0 Å². The van der Waals surface area contributed by atoms with Crippen molar-refractivity contribution >= 4 is 18.1 Å². The monoisotopic (exact) mass is 422 g/mol. The second kappa shape index (κ2) is 9.85. The summed E-state index contributed by atoms with van der Waals surface area (Å²) in [6.45, 7) is 8.91. The third kappa shape index (κ3) is 5.25. The fourth-order valence-electron chi connectivity index (χ4n) is 3.58. The van der Waals surface area contributed by atoms with Crippen LogP contribution >= 0.6 is 12.2 Å². The van der Waals surface area contributed by atoms with Crippen LogP contribution in [-0.4, -0.2) is 20.7 Å². The van der Waals surface area contributed by atoms with Crippen molar-refractivity contribution in [2.24, 2.45) is 5.92 Å². The zero-order chi connectivity index (χ0) is 21.7. The summed E-state index contributed by atoms with van der Waals surface area (Å²) >= 11 is 5.40. The Morgan fingerprint density at radius 3 is 2.57 bits per heavy atom. The van der Waals surface area contributed by atoms with Crippen LogP contribution in [0.15, 0.2) is 48.5 Å². The Kier molecular flexibility index (Phi) is 7.21. The molecule has 3 aromatic rings. The summed E-state index contributed by atoms with van der Waals surface area (Å²) in [6.07, 6.45) is 1.34. The minimum Gasteiger partial charge on any atom is -0.349 e. The van der Waals surface area contributed by atoms with E-state index in [1.807, 2.05) is 29.7 Å². The van der Waals surface area contributed by atoms with Crippen LogP contribution in [0, 0.1) is 17.6 Å². The van der Waals surface area contributed by atoms with Crippen LogP contribution in [0.4, 0.5) is 0 Å². The van der Waals surface area contributed by atoms with E-state index in [1.165, 1.54) is 5.56 Å². The predicted molar refractivity (Wildman–Crippen MR) is 124 cm³/mol. The van der Waals surface area contributed by atoms with Gasteiger partial charge in [-0.1, -0.05) is 68.8 Å². The largest absolute Gasteiger partial charge is 0.349 e. The van der Waals surface area contributed by atoms with Crippen molar-refractivity contribution in [2.75, 3.05) is 0 Å². The molecule has 1 amide bonds. The zero-order valence-corrected chi connectivity index (χ0v) is 18.9. The highest BCUT2D eigenvalue weighted by Gasteiger charge is 2.19. The molecule has 1 heterocycles. The molecular formula is C24H30N4OS. The number of rotatable bonds is 8. The molecule has 0 saturated carbocycles. The molecule has 30 heavy (non-hydrogen) atoms. The highest BCUT2D eigenvalue weighted by Crippen LogP contribution is 2.23. The fourth-order valence-corrected chi connectivity index (χ4v) is 3.81. The Labute approximate surface area is 183 Å². The SMILES string of the molecule is CCc1ccc(C(NC(=O)CCn2c(-c3cccc(C)c3)n[nH]c2=S)C(C)C)cc1. The number of nitrogens with zero attached hydrogens (tertiary/aromatic N) is 2. The summed E-state index contributed by atoms with van der Waals surface area (Å²) in [6, 6.07) is 16.6. The van der Waals surface area contributed by atoms with Crippen LogP contribution in [0.3, 0.4) is 0 Å².